The van der Waals surface area contributed by atoms with E-state index in [1.54, 1.807) is 54.5 Å². The van der Waals surface area contributed by atoms with E-state index >= 15 is 0 Å². The highest BCUT2D eigenvalue weighted by Gasteiger charge is 2.42. The molecule has 0 unspecified atom stereocenters. The Morgan fingerprint density at radius 2 is 1.61 bits per heavy atom. The Kier molecular flexibility index (Phi) is 7.64. The highest BCUT2D eigenvalue weighted by molar-refractivity contribution is 5.88. The van der Waals surface area contributed by atoms with Crippen molar-refractivity contribution in [3.8, 4) is 0 Å². The largest absolute Gasteiger partial charge is 0.460 e. The van der Waals surface area contributed by atoms with E-state index in [4.69, 9.17) is 4.74 Å². The summed E-state index contributed by atoms with van der Waals surface area (Å²) in [5.74, 6) is -1.77. The van der Waals surface area contributed by atoms with Crippen molar-refractivity contribution in [2.45, 2.75) is 72.7 Å². The molecule has 0 aliphatic carbocycles. The van der Waals surface area contributed by atoms with Crippen LogP contribution in [-0.2, 0) is 14.3 Å². The lowest BCUT2D eigenvalue weighted by molar-refractivity contribution is -0.160. The standard InChI is InChI=1S/C18H32O5/c1-9-11(2)15(21)12(3)16(22)18(7,8)13(19)10-14(20)23-17(4,5)6/h9,11-13,15,19,21H,1,10H2,2-8H3/t11-,12-,13-,15-/m1/s1. The van der Waals surface area contributed by atoms with Crippen LogP contribution >= 0.6 is 0 Å². The first-order valence-corrected chi connectivity index (χ1v) is 7.98. The maximum Gasteiger partial charge on any atom is 0.308 e. The van der Waals surface area contributed by atoms with Crippen LogP contribution in [0.3, 0.4) is 0 Å². The van der Waals surface area contributed by atoms with Gasteiger partial charge in [0.2, 0.25) is 0 Å². The van der Waals surface area contributed by atoms with Crippen LogP contribution in [0.15, 0.2) is 12.7 Å². The number of ketones is 1. The quantitative estimate of drug-likeness (QED) is 0.528. The van der Waals surface area contributed by atoms with Crippen LogP contribution in [0, 0.1) is 17.3 Å². The molecule has 5 heteroatoms. The molecule has 0 saturated carbocycles. The molecule has 134 valence electrons. The second-order valence-corrected chi connectivity index (χ2v) is 7.77. The molecular formula is C18H32O5. The molecule has 4 atom stereocenters. The maximum absolute atomic E-state index is 12.6. The molecule has 0 aliphatic rings. The highest BCUT2D eigenvalue weighted by atomic mass is 16.6. The number of aliphatic hydroxyl groups excluding tert-OH is 2. The van der Waals surface area contributed by atoms with E-state index in [0.29, 0.717) is 0 Å². The van der Waals surface area contributed by atoms with E-state index in [9.17, 15) is 19.8 Å². The summed E-state index contributed by atoms with van der Waals surface area (Å²) in [6, 6.07) is 0. The summed E-state index contributed by atoms with van der Waals surface area (Å²) in [5.41, 5.74) is -1.81. The lowest BCUT2D eigenvalue weighted by Gasteiger charge is -2.34. The van der Waals surface area contributed by atoms with Gasteiger partial charge in [-0.05, 0) is 20.8 Å². The first kappa shape index (κ1) is 21.8. The summed E-state index contributed by atoms with van der Waals surface area (Å²) in [5, 5.41) is 20.5. The molecule has 0 aromatic heterocycles. The van der Waals surface area contributed by atoms with Crippen LogP contribution in [0.4, 0.5) is 0 Å². The Labute approximate surface area is 139 Å². The van der Waals surface area contributed by atoms with Gasteiger partial charge in [-0.15, -0.1) is 6.58 Å². The molecule has 0 rings (SSSR count). The normalized spacial score (nSPS) is 17.8. The molecule has 0 heterocycles. The van der Waals surface area contributed by atoms with Crippen molar-refractivity contribution in [3.63, 3.8) is 0 Å². The average Bonchev–Trinajstić information content (AvgIpc) is 2.41. The van der Waals surface area contributed by atoms with Gasteiger partial charge in [-0.1, -0.05) is 33.8 Å². The first-order chi connectivity index (χ1) is 10.2. The van der Waals surface area contributed by atoms with Gasteiger partial charge in [0.05, 0.1) is 24.0 Å². The van der Waals surface area contributed by atoms with Gasteiger partial charge in [0.15, 0.2) is 0 Å². The molecule has 2 N–H and O–H groups in total. The van der Waals surface area contributed by atoms with Gasteiger partial charge >= 0.3 is 5.97 Å². The molecule has 0 spiro atoms. The predicted octanol–water partition coefficient (Wildman–Crippen LogP) is 2.49. The van der Waals surface area contributed by atoms with Gasteiger partial charge < -0.3 is 14.9 Å². The summed E-state index contributed by atoms with van der Waals surface area (Å²) in [6.07, 6.45) is -0.749. The van der Waals surface area contributed by atoms with Crippen LogP contribution in [0.5, 0.6) is 0 Å². The molecule has 23 heavy (non-hydrogen) atoms. The van der Waals surface area contributed by atoms with E-state index in [-0.39, 0.29) is 18.1 Å². The zero-order valence-electron chi connectivity index (χ0n) is 15.4. The van der Waals surface area contributed by atoms with Gasteiger partial charge in [0, 0.05) is 11.8 Å². The summed E-state index contributed by atoms with van der Waals surface area (Å²) >= 11 is 0. The van der Waals surface area contributed by atoms with E-state index in [1.165, 1.54) is 0 Å². The molecule has 0 saturated heterocycles. The predicted molar refractivity (Wildman–Crippen MR) is 89.8 cm³/mol. The molecule has 0 radical (unpaired) electrons. The van der Waals surface area contributed by atoms with Crippen LogP contribution in [-0.4, -0.2) is 39.8 Å². The molecule has 0 fully saturated rings. The third-order valence-electron chi connectivity index (χ3n) is 4.08. The molecule has 5 nitrogen and oxygen atoms in total. The smallest absolute Gasteiger partial charge is 0.308 e. The molecule has 0 aromatic carbocycles. The fourth-order valence-electron chi connectivity index (χ4n) is 2.30. The van der Waals surface area contributed by atoms with Crippen molar-refractivity contribution in [3.05, 3.63) is 12.7 Å². The third-order valence-corrected chi connectivity index (χ3v) is 4.08. The number of rotatable bonds is 8. The van der Waals surface area contributed by atoms with E-state index in [0.717, 1.165) is 0 Å². The number of hydrogen-bond acceptors (Lipinski definition) is 5. The molecular weight excluding hydrogens is 296 g/mol. The van der Waals surface area contributed by atoms with Crippen LogP contribution < -0.4 is 0 Å². The first-order valence-electron chi connectivity index (χ1n) is 7.98. The van der Waals surface area contributed by atoms with Gasteiger partial charge in [-0.2, -0.15) is 0 Å². The number of hydrogen-bond donors (Lipinski definition) is 2. The number of aliphatic hydroxyl groups is 2. The minimum atomic E-state index is -1.18. The minimum Gasteiger partial charge on any atom is -0.460 e. The summed E-state index contributed by atoms with van der Waals surface area (Å²) in [4.78, 5) is 24.5. The van der Waals surface area contributed by atoms with Crippen molar-refractivity contribution in [1.29, 1.82) is 0 Å². The fraction of sp³-hybridized carbons (Fsp3) is 0.778. The number of Topliss-reactive ketones (excluding diaryl/α,β-unsaturated/α-hetero) is 1. The molecule has 0 bridgehead atoms. The van der Waals surface area contributed by atoms with Crippen molar-refractivity contribution >= 4 is 11.8 Å². The Morgan fingerprint density at radius 3 is 2.00 bits per heavy atom. The highest BCUT2D eigenvalue weighted by Crippen LogP contribution is 2.31. The fourth-order valence-corrected chi connectivity index (χ4v) is 2.30. The Bertz CT molecular complexity index is 433. The maximum atomic E-state index is 12.6. The van der Waals surface area contributed by atoms with Crippen molar-refractivity contribution in [2.24, 2.45) is 17.3 Å². The van der Waals surface area contributed by atoms with E-state index in [2.05, 4.69) is 6.58 Å². The van der Waals surface area contributed by atoms with Crippen molar-refractivity contribution < 1.29 is 24.5 Å². The van der Waals surface area contributed by atoms with Gasteiger partial charge in [-0.3, -0.25) is 9.59 Å². The van der Waals surface area contributed by atoms with Gasteiger partial charge in [0.25, 0.3) is 0 Å². The summed E-state index contributed by atoms with van der Waals surface area (Å²) in [6.45, 7) is 15.4. The second kappa shape index (κ2) is 8.06. The Morgan fingerprint density at radius 1 is 1.13 bits per heavy atom. The zero-order chi connectivity index (χ0) is 18.6. The second-order valence-electron chi connectivity index (χ2n) is 7.77. The van der Waals surface area contributed by atoms with E-state index < -0.39 is 35.1 Å². The number of carbonyl (C=O) groups is 2. The lowest BCUT2D eigenvalue weighted by atomic mass is 9.73. The third kappa shape index (κ3) is 6.43. The molecule has 0 amide bonds. The average molecular weight is 328 g/mol. The Balaban J connectivity index is 4.98. The molecule has 0 aromatic rings. The topological polar surface area (TPSA) is 83.8 Å². The number of carbonyl (C=O) groups excluding carboxylic acids is 2. The van der Waals surface area contributed by atoms with Crippen LogP contribution in [0.2, 0.25) is 0 Å². The van der Waals surface area contributed by atoms with Gasteiger partial charge in [-0.25, -0.2) is 0 Å². The van der Waals surface area contributed by atoms with E-state index in [1.807, 2.05) is 0 Å². The SMILES string of the molecule is C=C[C@@H](C)[C@@H](O)[C@@H](C)C(=O)C(C)(C)[C@H](O)CC(=O)OC(C)(C)C. The van der Waals surface area contributed by atoms with Crippen molar-refractivity contribution in [1.82, 2.24) is 0 Å². The van der Waals surface area contributed by atoms with Crippen LogP contribution in [0.1, 0.15) is 54.9 Å². The number of ether oxygens (including phenoxy) is 1. The number of esters is 1. The zero-order valence-corrected chi connectivity index (χ0v) is 15.4. The molecule has 0 aliphatic heterocycles. The lowest BCUT2D eigenvalue weighted by Crippen LogP contribution is -2.45. The Hall–Kier alpha value is -1.20. The van der Waals surface area contributed by atoms with Crippen molar-refractivity contribution in [2.75, 3.05) is 0 Å². The summed E-state index contributed by atoms with van der Waals surface area (Å²) < 4.78 is 5.17. The monoisotopic (exact) mass is 328 g/mol. The van der Waals surface area contributed by atoms with Crippen LogP contribution in [0.25, 0.3) is 0 Å². The minimum absolute atomic E-state index is 0.243. The summed E-state index contributed by atoms with van der Waals surface area (Å²) in [7, 11) is 0. The van der Waals surface area contributed by atoms with Gasteiger partial charge in [0.1, 0.15) is 11.4 Å².